The lowest BCUT2D eigenvalue weighted by atomic mass is 9.78. The van der Waals surface area contributed by atoms with Crippen LogP contribution < -0.4 is 5.73 Å². The molecular formula is C17H27NO. The third-order valence-corrected chi connectivity index (χ3v) is 3.72. The van der Waals surface area contributed by atoms with Crippen molar-refractivity contribution in [2.75, 3.05) is 6.54 Å². The molecule has 1 aromatic carbocycles. The van der Waals surface area contributed by atoms with Crippen molar-refractivity contribution in [1.29, 1.82) is 0 Å². The van der Waals surface area contributed by atoms with Crippen LogP contribution in [0.1, 0.15) is 62.5 Å². The van der Waals surface area contributed by atoms with Gasteiger partial charge in [-0.2, -0.15) is 0 Å². The summed E-state index contributed by atoms with van der Waals surface area (Å²) in [4.78, 5) is 12.6. The zero-order valence-electron chi connectivity index (χ0n) is 13.1. The van der Waals surface area contributed by atoms with Crippen LogP contribution in [0.4, 0.5) is 0 Å². The Morgan fingerprint density at radius 1 is 1.16 bits per heavy atom. The highest BCUT2D eigenvalue weighted by Gasteiger charge is 2.29. The Hall–Kier alpha value is -1.15. The zero-order chi connectivity index (χ0) is 14.8. The lowest BCUT2D eigenvalue weighted by molar-refractivity contribution is 0.0828. The summed E-state index contributed by atoms with van der Waals surface area (Å²) in [6.45, 7) is 13.0. The highest BCUT2D eigenvalue weighted by Crippen LogP contribution is 2.29. The van der Waals surface area contributed by atoms with Crippen LogP contribution in [0.25, 0.3) is 0 Å². The van der Waals surface area contributed by atoms with Crippen LogP contribution in [-0.2, 0) is 5.41 Å². The van der Waals surface area contributed by atoms with Crippen LogP contribution in [0.3, 0.4) is 0 Å². The summed E-state index contributed by atoms with van der Waals surface area (Å²) in [6.07, 6.45) is 0.715. The molecule has 2 N–H and O–H groups in total. The van der Waals surface area contributed by atoms with Crippen LogP contribution >= 0.6 is 0 Å². The molecule has 1 aromatic rings. The average Bonchev–Trinajstić information content (AvgIpc) is 2.26. The van der Waals surface area contributed by atoms with Gasteiger partial charge in [0.1, 0.15) is 0 Å². The van der Waals surface area contributed by atoms with Crippen LogP contribution in [0.2, 0.25) is 0 Å². The highest BCUT2D eigenvalue weighted by atomic mass is 16.1. The van der Waals surface area contributed by atoms with E-state index in [1.807, 2.05) is 26.8 Å². The van der Waals surface area contributed by atoms with Crippen molar-refractivity contribution in [3.05, 3.63) is 34.9 Å². The quantitative estimate of drug-likeness (QED) is 0.837. The van der Waals surface area contributed by atoms with E-state index in [-0.39, 0.29) is 16.6 Å². The molecule has 0 heterocycles. The third-order valence-electron chi connectivity index (χ3n) is 3.72. The standard InChI is InChI=1S/C17H27NO/c1-12-11-13(16(2,3)4)7-8-14(12)15(19)17(5,6)9-10-18/h7-8,11H,9-10,18H2,1-6H3. The van der Waals surface area contributed by atoms with E-state index in [0.717, 1.165) is 11.1 Å². The summed E-state index contributed by atoms with van der Waals surface area (Å²) >= 11 is 0. The second-order valence-electron chi connectivity index (χ2n) is 7.03. The van der Waals surface area contributed by atoms with Gasteiger partial charge >= 0.3 is 0 Å². The average molecular weight is 261 g/mol. The molecule has 0 fully saturated rings. The number of benzene rings is 1. The Morgan fingerprint density at radius 2 is 1.74 bits per heavy atom. The highest BCUT2D eigenvalue weighted by molar-refractivity contribution is 6.01. The molecule has 0 aliphatic heterocycles. The molecule has 1 rings (SSSR count). The van der Waals surface area contributed by atoms with Gasteiger partial charge in [-0.25, -0.2) is 0 Å². The maximum atomic E-state index is 12.6. The first-order valence-corrected chi connectivity index (χ1v) is 6.95. The maximum Gasteiger partial charge on any atom is 0.168 e. The van der Waals surface area contributed by atoms with Crippen LogP contribution in [0.15, 0.2) is 18.2 Å². The number of nitrogens with two attached hydrogens (primary N) is 1. The molecule has 0 amide bonds. The molecule has 2 heteroatoms. The van der Waals surface area contributed by atoms with Crippen molar-refractivity contribution in [2.24, 2.45) is 11.1 Å². The molecular weight excluding hydrogens is 234 g/mol. The van der Waals surface area contributed by atoms with Crippen molar-refractivity contribution in [2.45, 2.75) is 53.4 Å². The normalized spacial score (nSPS) is 12.6. The Balaban J connectivity index is 3.14. The molecule has 2 nitrogen and oxygen atoms in total. The summed E-state index contributed by atoms with van der Waals surface area (Å²) in [5, 5.41) is 0. The fraction of sp³-hybridized carbons (Fsp3) is 0.588. The van der Waals surface area contributed by atoms with Crippen LogP contribution in [0.5, 0.6) is 0 Å². The van der Waals surface area contributed by atoms with Gasteiger partial charge in [0.25, 0.3) is 0 Å². The predicted molar refractivity (Wildman–Crippen MR) is 81.7 cm³/mol. The maximum absolute atomic E-state index is 12.6. The van der Waals surface area contributed by atoms with E-state index >= 15 is 0 Å². The van der Waals surface area contributed by atoms with Gasteiger partial charge in [0.15, 0.2) is 5.78 Å². The van der Waals surface area contributed by atoms with Crippen molar-refractivity contribution in [1.82, 2.24) is 0 Å². The van der Waals surface area contributed by atoms with Crippen LogP contribution in [0, 0.1) is 12.3 Å². The summed E-state index contributed by atoms with van der Waals surface area (Å²) in [7, 11) is 0. The topological polar surface area (TPSA) is 43.1 Å². The lowest BCUT2D eigenvalue weighted by Crippen LogP contribution is -2.28. The number of Topliss-reactive ketones (excluding diaryl/α,β-unsaturated/α-hetero) is 1. The van der Waals surface area contributed by atoms with Gasteiger partial charge in [-0.1, -0.05) is 52.8 Å². The summed E-state index contributed by atoms with van der Waals surface area (Å²) in [5.74, 6) is 0.191. The molecule has 0 radical (unpaired) electrons. The first-order chi connectivity index (χ1) is 8.59. The molecule has 0 unspecified atom stereocenters. The minimum absolute atomic E-state index is 0.110. The van der Waals surface area contributed by atoms with E-state index in [1.165, 1.54) is 5.56 Å². The van der Waals surface area contributed by atoms with Gasteiger partial charge in [0.05, 0.1) is 0 Å². The minimum atomic E-state index is -0.386. The fourth-order valence-corrected chi connectivity index (χ4v) is 2.22. The fourth-order valence-electron chi connectivity index (χ4n) is 2.22. The monoisotopic (exact) mass is 261 g/mol. The number of ketones is 1. The Morgan fingerprint density at radius 3 is 2.16 bits per heavy atom. The van der Waals surface area contributed by atoms with E-state index in [1.54, 1.807) is 0 Å². The van der Waals surface area contributed by atoms with Gasteiger partial charge in [0, 0.05) is 11.0 Å². The molecule has 0 saturated heterocycles. The molecule has 0 aromatic heterocycles. The van der Waals surface area contributed by atoms with Gasteiger partial charge in [-0.15, -0.1) is 0 Å². The molecule has 0 aliphatic rings. The number of rotatable bonds is 4. The van der Waals surface area contributed by atoms with Gasteiger partial charge in [-0.05, 0) is 36.4 Å². The Bertz CT molecular complexity index is 467. The van der Waals surface area contributed by atoms with Gasteiger partial charge in [-0.3, -0.25) is 4.79 Å². The van der Waals surface area contributed by atoms with Gasteiger partial charge in [0.2, 0.25) is 0 Å². The number of carbonyl (C=O) groups excluding carboxylic acids is 1. The molecule has 0 atom stereocenters. The van der Waals surface area contributed by atoms with E-state index in [4.69, 9.17) is 5.73 Å². The first-order valence-electron chi connectivity index (χ1n) is 6.95. The molecule has 0 aliphatic carbocycles. The molecule has 106 valence electrons. The number of aryl methyl sites for hydroxylation is 1. The van der Waals surface area contributed by atoms with Crippen molar-refractivity contribution in [3.8, 4) is 0 Å². The minimum Gasteiger partial charge on any atom is -0.330 e. The Kier molecular flexibility index (Phi) is 4.57. The Labute approximate surface area is 117 Å². The molecule has 19 heavy (non-hydrogen) atoms. The largest absolute Gasteiger partial charge is 0.330 e. The second-order valence-corrected chi connectivity index (χ2v) is 7.03. The summed E-state index contributed by atoms with van der Waals surface area (Å²) < 4.78 is 0. The summed E-state index contributed by atoms with van der Waals surface area (Å²) in [5.41, 5.74) is 8.47. The molecule has 0 spiro atoms. The van der Waals surface area contributed by atoms with Gasteiger partial charge < -0.3 is 5.73 Å². The van der Waals surface area contributed by atoms with Crippen molar-refractivity contribution >= 4 is 5.78 Å². The third kappa shape index (κ3) is 3.66. The van der Waals surface area contributed by atoms with Crippen LogP contribution in [-0.4, -0.2) is 12.3 Å². The van der Waals surface area contributed by atoms with E-state index < -0.39 is 0 Å². The summed E-state index contributed by atoms with van der Waals surface area (Å²) in [6, 6.07) is 6.17. The van der Waals surface area contributed by atoms with E-state index in [2.05, 4.69) is 32.9 Å². The number of hydrogen-bond acceptors (Lipinski definition) is 2. The first kappa shape index (κ1) is 15.9. The van der Waals surface area contributed by atoms with Crippen molar-refractivity contribution in [3.63, 3.8) is 0 Å². The molecule has 0 bridgehead atoms. The van der Waals surface area contributed by atoms with E-state index in [9.17, 15) is 4.79 Å². The SMILES string of the molecule is Cc1cc(C(C)(C)C)ccc1C(=O)C(C)(C)CCN. The lowest BCUT2D eigenvalue weighted by Gasteiger charge is -2.25. The number of carbonyl (C=O) groups is 1. The predicted octanol–water partition coefficient (Wildman–Crippen LogP) is 3.85. The van der Waals surface area contributed by atoms with E-state index in [0.29, 0.717) is 13.0 Å². The second kappa shape index (κ2) is 5.46. The smallest absolute Gasteiger partial charge is 0.168 e. The van der Waals surface area contributed by atoms with Crippen molar-refractivity contribution < 1.29 is 4.79 Å². The number of hydrogen-bond donors (Lipinski definition) is 1. The molecule has 0 saturated carbocycles. The zero-order valence-corrected chi connectivity index (χ0v) is 13.1.